The number of rotatable bonds is 4. The van der Waals surface area contributed by atoms with E-state index in [1.807, 2.05) is 6.07 Å². The summed E-state index contributed by atoms with van der Waals surface area (Å²) in [6.07, 6.45) is 5.44. The predicted molar refractivity (Wildman–Crippen MR) is 81.7 cm³/mol. The van der Waals surface area contributed by atoms with Gasteiger partial charge < -0.3 is 0 Å². The first-order valence-corrected chi connectivity index (χ1v) is 8.43. The molecule has 0 aliphatic heterocycles. The van der Waals surface area contributed by atoms with E-state index in [1.54, 1.807) is 0 Å². The molecular weight excluding hydrogens is 332 g/mol. The second-order valence-corrected chi connectivity index (χ2v) is 8.42. The summed E-state index contributed by atoms with van der Waals surface area (Å²) in [6, 6.07) is 1.82. The largest absolute Gasteiger partial charge is 0.293 e. The monoisotopic (exact) mass is 348 g/mol. The SMILES string of the molecule is CC(C)CC1(C(=O)c2cc(Cl)c(Br)s2)CCCC1. The minimum absolute atomic E-state index is 0.123. The molecule has 1 aliphatic carbocycles. The maximum atomic E-state index is 12.8. The van der Waals surface area contributed by atoms with E-state index >= 15 is 0 Å². The highest BCUT2D eigenvalue weighted by Crippen LogP contribution is 2.47. The van der Waals surface area contributed by atoms with E-state index < -0.39 is 0 Å². The minimum atomic E-state index is -0.123. The summed E-state index contributed by atoms with van der Waals surface area (Å²) in [6.45, 7) is 4.40. The topological polar surface area (TPSA) is 17.1 Å². The zero-order valence-electron chi connectivity index (χ0n) is 10.8. The Bertz CT molecular complexity index is 427. The van der Waals surface area contributed by atoms with Gasteiger partial charge in [-0.15, -0.1) is 11.3 Å². The summed E-state index contributed by atoms with van der Waals surface area (Å²) in [4.78, 5) is 13.6. The number of hydrogen-bond donors (Lipinski definition) is 0. The van der Waals surface area contributed by atoms with Crippen LogP contribution in [-0.4, -0.2) is 5.78 Å². The van der Waals surface area contributed by atoms with Crippen LogP contribution in [0.15, 0.2) is 9.85 Å². The molecule has 2 rings (SSSR count). The van der Waals surface area contributed by atoms with Gasteiger partial charge in [0, 0.05) is 5.41 Å². The van der Waals surface area contributed by atoms with Gasteiger partial charge in [-0.2, -0.15) is 0 Å². The van der Waals surface area contributed by atoms with Crippen molar-refractivity contribution in [3.05, 3.63) is 19.8 Å². The van der Waals surface area contributed by atoms with Gasteiger partial charge in [0.2, 0.25) is 0 Å². The molecule has 1 nitrogen and oxygen atoms in total. The van der Waals surface area contributed by atoms with Gasteiger partial charge in [0.05, 0.1) is 13.7 Å². The van der Waals surface area contributed by atoms with Gasteiger partial charge >= 0.3 is 0 Å². The van der Waals surface area contributed by atoms with Crippen LogP contribution in [0.4, 0.5) is 0 Å². The van der Waals surface area contributed by atoms with E-state index in [4.69, 9.17) is 11.6 Å². The lowest BCUT2D eigenvalue weighted by Crippen LogP contribution is -2.29. The highest BCUT2D eigenvalue weighted by atomic mass is 79.9. The number of Topliss-reactive ketones (excluding diaryl/α,β-unsaturated/α-hetero) is 1. The zero-order chi connectivity index (χ0) is 13.3. The van der Waals surface area contributed by atoms with E-state index in [-0.39, 0.29) is 5.41 Å². The molecule has 18 heavy (non-hydrogen) atoms. The molecule has 0 aromatic carbocycles. The van der Waals surface area contributed by atoms with E-state index in [1.165, 1.54) is 24.2 Å². The maximum Gasteiger partial charge on any atom is 0.179 e. The van der Waals surface area contributed by atoms with Crippen molar-refractivity contribution in [2.24, 2.45) is 11.3 Å². The lowest BCUT2D eigenvalue weighted by Gasteiger charge is -2.28. The van der Waals surface area contributed by atoms with Crippen LogP contribution < -0.4 is 0 Å². The molecule has 0 amide bonds. The zero-order valence-corrected chi connectivity index (χ0v) is 13.9. The number of carbonyl (C=O) groups excluding carboxylic acids is 1. The van der Waals surface area contributed by atoms with Crippen LogP contribution in [0.25, 0.3) is 0 Å². The highest BCUT2D eigenvalue weighted by Gasteiger charge is 2.42. The molecule has 1 aromatic rings. The predicted octanol–water partition coefficient (Wildman–Crippen LogP) is 5.95. The molecule has 1 aliphatic rings. The third kappa shape index (κ3) is 2.83. The molecule has 1 heterocycles. The second kappa shape index (κ2) is 5.64. The van der Waals surface area contributed by atoms with E-state index in [2.05, 4.69) is 29.8 Å². The Balaban J connectivity index is 2.28. The first kappa shape index (κ1) is 14.5. The summed E-state index contributed by atoms with van der Waals surface area (Å²) in [7, 11) is 0. The van der Waals surface area contributed by atoms with Gasteiger partial charge in [-0.05, 0) is 47.2 Å². The van der Waals surface area contributed by atoms with Crippen molar-refractivity contribution >= 4 is 44.7 Å². The normalized spacial score (nSPS) is 18.5. The van der Waals surface area contributed by atoms with E-state index in [0.717, 1.165) is 27.9 Å². The van der Waals surface area contributed by atoms with E-state index in [9.17, 15) is 4.79 Å². The Morgan fingerprint density at radius 3 is 2.56 bits per heavy atom. The summed E-state index contributed by atoms with van der Waals surface area (Å²) >= 11 is 10.9. The van der Waals surface area contributed by atoms with Crippen LogP contribution in [0, 0.1) is 11.3 Å². The van der Waals surface area contributed by atoms with Crippen LogP contribution in [0.1, 0.15) is 55.6 Å². The van der Waals surface area contributed by atoms with E-state index in [0.29, 0.717) is 16.7 Å². The fraction of sp³-hybridized carbons (Fsp3) is 0.643. The number of halogens is 2. The fourth-order valence-electron chi connectivity index (χ4n) is 3.08. The van der Waals surface area contributed by atoms with Crippen molar-refractivity contribution in [1.29, 1.82) is 0 Å². The van der Waals surface area contributed by atoms with Crippen LogP contribution >= 0.6 is 38.9 Å². The minimum Gasteiger partial charge on any atom is -0.293 e. The Hall–Kier alpha value is 0.140. The quantitative estimate of drug-likeness (QED) is 0.613. The summed E-state index contributed by atoms with van der Waals surface area (Å²) < 4.78 is 0.866. The molecule has 0 spiro atoms. The molecule has 0 unspecified atom stereocenters. The van der Waals surface area contributed by atoms with Crippen LogP contribution in [0.5, 0.6) is 0 Å². The van der Waals surface area contributed by atoms with Gasteiger partial charge in [-0.1, -0.05) is 38.3 Å². The Labute approximate surface area is 126 Å². The first-order chi connectivity index (χ1) is 8.44. The summed E-state index contributed by atoms with van der Waals surface area (Å²) in [5.41, 5.74) is -0.123. The standard InChI is InChI=1S/C14H18BrClOS/c1-9(2)8-14(5-3-4-6-14)12(17)11-7-10(16)13(15)18-11/h7,9H,3-6,8H2,1-2H3. The molecule has 4 heteroatoms. The highest BCUT2D eigenvalue weighted by molar-refractivity contribution is 9.11. The van der Waals surface area contributed by atoms with Gasteiger partial charge in [0.15, 0.2) is 5.78 Å². The van der Waals surface area contributed by atoms with Crippen molar-refractivity contribution in [3.8, 4) is 0 Å². The van der Waals surface area contributed by atoms with Gasteiger partial charge in [0.1, 0.15) is 0 Å². The van der Waals surface area contributed by atoms with Crippen LogP contribution in [0.3, 0.4) is 0 Å². The van der Waals surface area contributed by atoms with Gasteiger partial charge in [-0.25, -0.2) is 0 Å². The number of hydrogen-bond acceptors (Lipinski definition) is 2. The van der Waals surface area contributed by atoms with Crippen molar-refractivity contribution in [1.82, 2.24) is 0 Å². The average molecular weight is 350 g/mol. The Morgan fingerprint density at radius 1 is 1.50 bits per heavy atom. The molecule has 0 bridgehead atoms. The van der Waals surface area contributed by atoms with Crippen molar-refractivity contribution < 1.29 is 4.79 Å². The molecule has 0 N–H and O–H groups in total. The Morgan fingerprint density at radius 2 is 2.11 bits per heavy atom. The number of ketones is 1. The molecule has 1 aromatic heterocycles. The summed E-state index contributed by atoms with van der Waals surface area (Å²) in [5, 5.41) is 0.654. The maximum absolute atomic E-state index is 12.8. The van der Waals surface area contributed by atoms with Crippen LogP contribution in [-0.2, 0) is 0 Å². The number of carbonyl (C=O) groups is 1. The van der Waals surface area contributed by atoms with Gasteiger partial charge in [0.25, 0.3) is 0 Å². The first-order valence-electron chi connectivity index (χ1n) is 6.44. The summed E-state index contributed by atoms with van der Waals surface area (Å²) in [5.74, 6) is 0.872. The average Bonchev–Trinajstić information content (AvgIpc) is 2.86. The number of thiophene rings is 1. The van der Waals surface area contributed by atoms with Crippen molar-refractivity contribution in [2.75, 3.05) is 0 Å². The molecule has 1 fully saturated rings. The smallest absolute Gasteiger partial charge is 0.179 e. The Kier molecular flexibility index (Phi) is 4.56. The molecule has 0 saturated heterocycles. The second-order valence-electron chi connectivity index (χ2n) is 5.65. The van der Waals surface area contributed by atoms with Crippen molar-refractivity contribution in [3.63, 3.8) is 0 Å². The lowest BCUT2D eigenvalue weighted by atomic mass is 9.74. The van der Waals surface area contributed by atoms with Gasteiger partial charge in [-0.3, -0.25) is 4.79 Å². The molecule has 0 atom stereocenters. The van der Waals surface area contributed by atoms with Crippen molar-refractivity contribution in [2.45, 2.75) is 46.0 Å². The third-order valence-electron chi connectivity index (χ3n) is 3.71. The molecule has 0 radical (unpaired) electrons. The van der Waals surface area contributed by atoms with Crippen LogP contribution in [0.2, 0.25) is 5.02 Å². The molecule has 100 valence electrons. The lowest BCUT2D eigenvalue weighted by molar-refractivity contribution is 0.0764. The fourth-order valence-corrected chi connectivity index (χ4v) is 4.84. The third-order valence-corrected chi connectivity index (χ3v) is 6.18. The molecule has 1 saturated carbocycles. The molecular formula is C14H18BrClOS.